The van der Waals surface area contributed by atoms with Crippen LogP contribution in [-0.4, -0.2) is 90.7 Å². The van der Waals surface area contributed by atoms with Gasteiger partial charge >= 0.3 is 6.03 Å². The van der Waals surface area contributed by atoms with Crippen molar-refractivity contribution >= 4 is 34.3 Å². The Morgan fingerprint density at radius 3 is 2.38 bits per heavy atom. The lowest BCUT2D eigenvalue weighted by Gasteiger charge is -2.46. The zero-order chi connectivity index (χ0) is 33.8. The minimum absolute atomic E-state index is 0.131. The largest absolute Gasteiger partial charge is 0.497 e. The number of anilines is 1. The van der Waals surface area contributed by atoms with E-state index in [2.05, 4.69) is 11.4 Å². The van der Waals surface area contributed by atoms with Gasteiger partial charge in [0.15, 0.2) is 0 Å². The molecule has 6 rings (SSSR count). The maximum absolute atomic E-state index is 14.3. The fraction of sp³-hybridized carbons (Fsp3) is 0.297. The third kappa shape index (κ3) is 6.61. The Kier molecular flexibility index (Phi) is 9.45. The number of nitriles is 1. The van der Waals surface area contributed by atoms with Gasteiger partial charge in [-0.3, -0.25) is 9.59 Å². The Balaban J connectivity index is 1.30. The molecule has 2 aliphatic heterocycles. The van der Waals surface area contributed by atoms with Crippen LogP contribution in [0.1, 0.15) is 16.7 Å². The second-order valence-electron chi connectivity index (χ2n) is 12.2. The fourth-order valence-electron chi connectivity index (χ4n) is 6.54. The minimum Gasteiger partial charge on any atom is -0.497 e. The van der Waals surface area contributed by atoms with E-state index >= 15 is 0 Å². The molecular formula is C37H39N7O4. The van der Waals surface area contributed by atoms with Gasteiger partial charge in [0.25, 0.3) is 0 Å². The number of hydrogen-bond donors (Lipinski definition) is 1. The summed E-state index contributed by atoms with van der Waals surface area (Å²) in [6.07, 6.45) is -0.326. The first-order chi connectivity index (χ1) is 23.3. The van der Waals surface area contributed by atoms with Crippen molar-refractivity contribution in [2.75, 3.05) is 45.7 Å². The zero-order valence-corrected chi connectivity index (χ0v) is 27.4. The van der Waals surface area contributed by atoms with Crippen molar-refractivity contribution in [1.82, 2.24) is 25.1 Å². The lowest BCUT2D eigenvalue weighted by molar-refractivity contribution is -0.157. The molecule has 11 heteroatoms. The van der Waals surface area contributed by atoms with Gasteiger partial charge in [-0.2, -0.15) is 10.3 Å². The fourth-order valence-corrected chi connectivity index (χ4v) is 6.54. The zero-order valence-electron chi connectivity index (χ0n) is 27.4. The molecule has 4 aromatic rings. The summed E-state index contributed by atoms with van der Waals surface area (Å²) in [4.78, 5) is 47.1. The monoisotopic (exact) mass is 645 g/mol. The third-order valence-electron chi connectivity index (χ3n) is 9.06. The smallest absolute Gasteiger partial charge is 0.333 e. The van der Waals surface area contributed by atoms with Crippen LogP contribution in [-0.2, 0) is 29.1 Å². The van der Waals surface area contributed by atoms with E-state index < -0.39 is 18.2 Å². The van der Waals surface area contributed by atoms with Gasteiger partial charge in [0.1, 0.15) is 24.5 Å². The number of piperazine rings is 1. The summed E-state index contributed by atoms with van der Waals surface area (Å²) in [5.74, 6) is 0.288. The minimum atomic E-state index is -0.785. The van der Waals surface area contributed by atoms with Crippen molar-refractivity contribution < 1.29 is 19.1 Å². The van der Waals surface area contributed by atoms with Crippen molar-refractivity contribution in [1.29, 1.82) is 5.26 Å². The molecule has 0 aromatic heterocycles. The van der Waals surface area contributed by atoms with Gasteiger partial charge < -0.3 is 24.8 Å². The predicted molar refractivity (Wildman–Crippen MR) is 183 cm³/mol. The molecule has 2 fully saturated rings. The predicted octanol–water partition coefficient (Wildman–Crippen LogP) is 3.99. The molecule has 2 heterocycles. The molecule has 2 aliphatic rings. The molecule has 4 aromatic carbocycles. The van der Waals surface area contributed by atoms with E-state index in [1.807, 2.05) is 110 Å². The molecule has 0 spiro atoms. The molecule has 0 saturated carbocycles. The SMILES string of the molecule is COc1ccc(CNC(=O)N(CC#N)N2CC(=O)N3[C@@H](Cc4ccc(N(C)C)cc4)C(=O)N(Cc4cccc5ccccc45)C[C@@H]32)cc1. The molecule has 4 amide bonds. The van der Waals surface area contributed by atoms with Crippen LogP contribution in [0.3, 0.4) is 0 Å². The van der Waals surface area contributed by atoms with Crippen molar-refractivity contribution in [3.63, 3.8) is 0 Å². The molecule has 0 bridgehead atoms. The van der Waals surface area contributed by atoms with Crippen LogP contribution in [0.25, 0.3) is 10.8 Å². The number of nitrogens with zero attached hydrogens (tertiary/aromatic N) is 6. The van der Waals surface area contributed by atoms with Crippen LogP contribution in [0, 0.1) is 11.3 Å². The molecule has 2 atom stereocenters. The number of fused-ring (bicyclic) bond motifs is 2. The highest BCUT2D eigenvalue weighted by Crippen LogP contribution is 2.31. The lowest BCUT2D eigenvalue weighted by atomic mass is 9.98. The quantitative estimate of drug-likeness (QED) is 0.260. The second-order valence-corrected chi connectivity index (χ2v) is 12.2. The van der Waals surface area contributed by atoms with Gasteiger partial charge in [-0.1, -0.05) is 66.7 Å². The summed E-state index contributed by atoms with van der Waals surface area (Å²) in [7, 11) is 5.52. The standard InChI is InChI=1S/C37H39N7O4/c1-40(2)30-15-11-26(12-16-30)21-33-36(46)41(23-29-9-6-8-28-7-4-5-10-32(28)29)24-34-43(25-35(45)44(33)34)42(20-19-38)37(47)39-22-27-13-17-31(48-3)18-14-27/h4-18,33-34H,20-25H2,1-3H3,(H,39,47)/t33-,34+/m0/s1. The van der Waals surface area contributed by atoms with E-state index in [1.165, 1.54) is 5.01 Å². The first-order valence-electron chi connectivity index (χ1n) is 15.9. The summed E-state index contributed by atoms with van der Waals surface area (Å²) < 4.78 is 5.22. The van der Waals surface area contributed by atoms with Crippen molar-refractivity contribution in [2.45, 2.75) is 31.7 Å². The normalized spacial score (nSPS) is 17.6. The molecule has 2 saturated heterocycles. The first-order valence-corrected chi connectivity index (χ1v) is 15.9. The first kappa shape index (κ1) is 32.3. The number of rotatable bonds is 10. The maximum Gasteiger partial charge on any atom is 0.333 e. The molecule has 0 aliphatic carbocycles. The lowest BCUT2D eigenvalue weighted by Crippen LogP contribution is -2.66. The van der Waals surface area contributed by atoms with Gasteiger partial charge in [-0.05, 0) is 51.7 Å². The van der Waals surface area contributed by atoms with Crippen LogP contribution >= 0.6 is 0 Å². The Morgan fingerprint density at radius 2 is 1.67 bits per heavy atom. The summed E-state index contributed by atoms with van der Waals surface area (Å²) >= 11 is 0. The topological polar surface area (TPSA) is 112 Å². The molecule has 0 unspecified atom stereocenters. The van der Waals surface area contributed by atoms with Crippen LogP contribution in [0.5, 0.6) is 5.75 Å². The van der Waals surface area contributed by atoms with Crippen LogP contribution in [0.15, 0.2) is 91.0 Å². The van der Waals surface area contributed by atoms with Gasteiger partial charge in [0.05, 0.1) is 26.3 Å². The summed E-state index contributed by atoms with van der Waals surface area (Å²) in [5.41, 5.74) is 3.79. The van der Waals surface area contributed by atoms with E-state index in [4.69, 9.17) is 4.74 Å². The number of methoxy groups -OCH3 is 1. The van der Waals surface area contributed by atoms with E-state index in [0.717, 1.165) is 33.2 Å². The number of nitrogens with one attached hydrogen (secondary N) is 1. The number of hydrazine groups is 1. The molecule has 0 radical (unpaired) electrons. The summed E-state index contributed by atoms with van der Waals surface area (Å²) in [6.45, 7) is 0.341. The Morgan fingerprint density at radius 1 is 0.958 bits per heavy atom. The van der Waals surface area contributed by atoms with Gasteiger partial charge in [-0.15, -0.1) is 0 Å². The number of carbonyl (C=O) groups excluding carboxylic acids is 3. The van der Waals surface area contributed by atoms with Crippen molar-refractivity contribution in [3.05, 3.63) is 108 Å². The third-order valence-corrected chi connectivity index (χ3v) is 9.06. The molecule has 48 heavy (non-hydrogen) atoms. The summed E-state index contributed by atoms with van der Waals surface area (Å²) in [5, 5.41) is 17.7. The number of amides is 4. The number of ether oxygens (including phenoxy) is 1. The van der Waals surface area contributed by atoms with E-state index in [1.54, 1.807) is 21.9 Å². The summed E-state index contributed by atoms with van der Waals surface area (Å²) in [6, 6.07) is 30.2. The van der Waals surface area contributed by atoms with Crippen molar-refractivity contribution in [3.8, 4) is 11.8 Å². The Bertz CT molecular complexity index is 1830. The maximum atomic E-state index is 14.3. The molecule has 246 valence electrons. The van der Waals surface area contributed by atoms with Gasteiger partial charge in [0, 0.05) is 39.3 Å². The molecule has 11 nitrogen and oxygen atoms in total. The highest BCUT2D eigenvalue weighted by molar-refractivity contribution is 5.92. The van der Waals surface area contributed by atoms with Crippen LogP contribution < -0.4 is 15.0 Å². The number of urea groups is 1. The highest BCUT2D eigenvalue weighted by Gasteiger charge is 2.52. The van der Waals surface area contributed by atoms with E-state index in [-0.39, 0.29) is 38.0 Å². The highest BCUT2D eigenvalue weighted by atomic mass is 16.5. The Labute approximate surface area is 280 Å². The van der Waals surface area contributed by atoms with Gasteiger partial charge in [0.2, 0.25) is 11.8 Å². The molecule has 1 N–H and O–H groups in total. The van der Waals surface area contributed by atoms with Crippen LogP contribution in [0.2, 0.25) is 0 Å². The second kappa shape index (κ2) is 14.0. The van der Waals surface area contributed by atoms with Crippen LogP contribution in [0.4, 0.5) is 10.5 Å². The number of hydrogen-bond acceptors (Lipinski definition) is 7. The number of benzene rings is 4. The van der Waals surface area contributed by atoms with E-state index in [0.29, 0.717) is 18.7 Å². The van der Waals surface area contributed by atoms with Crippen molar-refractivity contribution in [2.24, 2.45) is 0 Å². The average Bonchev–Trinajstić information content (AvgIpc) is 3.43. The van der Waals surface area contributed by atoms with E-state index in [9.17, 15) is 19.6 Å². The van der Waals surface area contributed by atoms with Gasteiger partial charge in [-0.25, -0.2) is 9.80 Å². The molecular weight excluding hydrogens is 606 g/mol. The average molecular weight is 646 g/mol. The number of carbonyl (C=O) groups is 3. The Hall–Kier alpha value is -5.60.